The van der Waals surface area contributed by atoms with Crippen LogP contribution in [0.25, 0.3) is 33.6 Å². The molecule has 2 saturated carbocycles. The fourth-order valence-corrected chi connectivity index (χ4v) is 8.99. The van der Waals surface area contributed by atoms with E-state index < -0.39 is 35.9 Å². The van der Waals surface area contributed by atoms with Gasteiger partial charge in [0, 0.05) is 23.3 Å². The lowest BCUT2D eigenvalue weighted by molar-refractivity contribution is -0.127. The zero-order valence-corrected chi connectivity index (χ0v) is 32.0. The van der Waals surface area contributed by atoms with E-state index in [1.54, 1.807) is 25.7 Å². The van der Waals surface area contributed by atoms with Crippen LogP contribution in [-0.2, 0) is 28.7 Å². The van der Waals surface area contributed by atoms with E-state index in [0.29, 0.717) is 35.3 Å². The topological polar surface area (TPSA) is 116 Å². The van der Waals surface area contributed by atoms with Crippen molar-refractivity contribution in [2.45, 2.75) is 128 Å². The molecule has 0 unspecified atom stereocenters. The molecular formula is C42H47F3N6O4. The number of H-pyrrole nitrogens is 2. The van der Waals surface area contributed by atoms with Crippen molar-refractivity contribution in [1.82, 2.24) is 29.7 Å². The van der Waals surface area contributed by atoms with Crippen LogP contribution in [0.3, 0.4) is 0 Å². The highest BCUT2D eigenvalue weighted by Gasteiger charge is 2.57. The normalized spacial score (nSPS) is 25.3. The number of aromatic amines is 2. The first-order chi connectivity index (χ1) is 25.9. The Morgan fingerprint density at radius 1 is 0.727 bits per heavy atom. The highest BCUT2D eigenvalue weighted by atomic mass is 19.4. The number of hydrogen-bond donors (Lipinski definition) is 2. The summed E-state index contributed by atoms with van der Waals surface area (Å²) in [5.74, 6) is 1.95. The molecule has 0 radical (unpaired) electrons. The van der Waals surface area contributed by atoms with E-state index in [9.17, 15) is 22.8 Å². The molecule has 13 heteroatoms. The standard InChI is InChI=1S/C42H47F3N6O4/c1-40(2,3)54-38(52)50-30-16-25(30)18-32(50)36-46-28-14-12-24-15-23(11-13-27(24)35(28)49-36)21-7-9-22(10-8-21)34-29(20-42(43,44)45)47-37(48-34)33-19-26-17-31(26)51(33)39(53)55-41(4,5)6/h7-11,13,15,25-26,30-33H,12,14,16-20H2,1-6H3,(H,46,49)(H,47,48)/t25-,26-,30-,31-,32+,33+/m1/s1. The summed E-state index contributed by atoms with van der Waals surface area (Å²) in [6.45, 7) is 11.1. The number of fused-ring (bicyclic) bond motifs is 5. The Bertz CT molecular complexity index is 2180. The van der Waals surface area contributed by atoms with Crippen molar-refractivity contribution < 1.29 is 32.2 Å². The number of nitrogens with zero attached hydrogens (tertiary/aromatic N) is 4. The van der Waals surface area contributed by atoms with E-state index in [0.717, 1.165) is 66.0 Å². The Morgan fingerprint density at radius 3 is 1.84 bits per heavy atom. The molecule has 2 N–H and O–H groups in total. The number of carbonyl (C=O) groups is 2. The van der Waals surface area contributed by atoms with Gasteiger partial charge in [0.25, 0.3) is 0 Å². The van der Waals surface area contributed by atoms with E-state index in [2.05, 4.69) is 33.2 Å². The van der Waals surface area contributed by atoms with E-state index in [1.807, 2.05) is 49.9 Å². The number of likely N-dealkylation sites (tertiary alicyclic amines) is 2. The van der Waals surface area contributed by atoms with Gasteiger partial charge in [0.05, 0.1) is 35.6 Å². The van der Waals surface area contributed by atoms with Crippen LogP contribution in [0.4, 0.5) is 22.8 Å². The van der Waals surface area contributed by atoms with Crippen LogP contribution in [0.15, 0.2) is 42.5 Å². The van der Waals surface area contributed by atoms with Gasteiger partial charge in [0.1, 0.15) is 22.9 Å². The minimum atomic E-state index is -4.46. The summed E-state index contributed by atoms with van der Waals surface area (Å²) in [4.78, 5) is 46.3. The maximum absolute atomic E-state index is 13.8. The van der Waals surface area contributed by atoms with Gasteiger partial charge in [-0.25, -0.2) is 19.6 Å². The molecular weight excluding hydrogens is 709 g/mol. The predicted molar refractivity (Wildman–Crippen MR) is 199 cm³/mol. The van der Waals surface area contributed by atoms with Gasteiger partial charge in [0.15, 0.2) is 0 Å². The van der Waals surface area contributed by atoms with Crippen molar-refractivity contribution in [3.63, 3.8) is 0 Å². The lowest BCUT2D eigenvalue weighted by Gasteiger charge is -2.29. The second kappa shape index (κ2) is 12.3. The molecule has 6 atom stereocenters. The number of imidazole rings is 2. The lowest BCUT2D eigenvalue weighted by atomic mass is 9.89. The van der Waals surface area contributed by atoms with Crippen molar-refractivity contribution in [1.29, 1.82) is 0 Å². The lowest BCUT2D eigenvalue weighted by Crippen LogP contribution is -2.38. The number of ether oxygens (including phenoxy) is 2. The van der Waals surface area contributed by atoms with Gasteiger partial charge in [-0.3, -0.25) is 9.80 Å². The summed E-state index contributed by atoms with van der Waals surface area (Å²) in [6, 6.07) is 13.4. The van der Waals surface area contributed by atoms with Crippen LogP contribution < -0.4 is 0 Å². The highest BCUT2D eigenvalue weighted by Crippen LogP contribution is 2.55. The van der Waals surface area contributed by atoms with E-state index in [-0.39, 0.29) is 29.9 Å². The van der Waals surface area contributed by atoms with Crippen LogP contribution in [0, 0.1) is 11.8 Å². The molecule has 2 aliphatic heterocycles. The molecule has 0 spiro atoms. The van der Waals surface area contributed by atoms with E-state index >= 15 is 0 Å². The van der Waals surface area contributed by atoms with E-state index in [4.69, 9.17) is 14.5 Å². The van der Waals surface area contributed by atoms with Crippen molar-refractivity contribution in [3.05, 3.63) is 71.1 Å². The third kappa shape index (κ3) is 6.88. The zero-order valence-electron chi connectivity index (χ0n) is 32.0. The minimum absolute atomic E-state index is 0.0179. The molecule has 290 valence electrons. The second-order valence-electron chi connectivity index (χ2n) is 18.0. The maximum Gasteiger partial charge on any atom is 0.411 e. The first kappa shape index (κ1) is 35.9. The molecule has 2 aromatic heterocycles. The monoisotopic (exact) mass is 756 g/mol. The molecule has 3 aliphatic carbocycles. The summed E-state index contributed by atoms with van der Waals surface area (Å²) in [5, 5.41) is 0. The summed E-state index contributed by atoms with van der Waals surface area (Å²) < 4.78 is 52.9. The van der Waals surface area contributed by atoms with Gasteiger partial charge in [-0.2, -0.15) is 13.2 Å². The molecule has 2 aromatic carbocycles. The molecule has 4 heterocycles. The fraction of sp³-hybridized carbons (Fsp3) is 0.524. The van der Waals surface area contributed by atoms with Gasteiger partial charge < -0.3 is 19.4 Å². The first-order valence-corrected chi connectivity index (χ1v) is 19.4. The Hall–Kier alpha value is -4.81. The van der Waals surface area contributed by atoms with Gasteiger partial charge in [0.2, 0.25) is 0 Å². The minimum Gasteiger partial charge on any atom is -0.444 e. The van der Waals surface area contributed by atoms with Crippen LogP contribution in [0.5, 0.6) is 0 Å². The van der Waals surface area contributed by atoms with Gasteiger partial charge >= 0.3 is 18.4 Å². The number of hydrogen-bond acceptors (Lipinski definition) is 6. The average Bonchev–Trinajstić information content (AvgIpc) is 3.74. The SMILES string of the molecule is CC(C)(C)OC(=O)N1[C@@H]2C[C@@H]2C[C@H]1c1nc2c([nH]1)CCc1cc(-c3ccc(-c4[nH]c([C@@H]5C[C@H]6C[C@H]6N5C(=O)OC(C)(C)C)nc4CC(F)(F)F)cc3)ccc1-2. The Balaban J connectivity index is 0.961. The first-order valence-electron chi connectivity index (χ1n) is 19.4. The molecule has 10 nitrogen and oxygen atoms in total. The number of piperidine rings is 2. The number of halogens is 3. The number of aryl methyl sites for hydroxylation is 2. The second-order valence-corrected chi connectivity index (χ2v) is 18.0. The largest absolute Gasteiger partial charge is 0.444 e. The van der Waals surface area contributed by atoms with Gasteiger partial charge in [-0.15, -0.1) is 0 Å². The fourth-order valence-electron chi connectivity index (χ4n) is 8.99. The van der Waals surface area contributed by atoms with Crippen molar-refractivity contribution in [3.8, 4) is 33.6 Å². The molecule has 55 heavy (non-hydrogen) atoms. The molecule has 2 amide bonds. The summed E-state index contributed by atoms with van der Waals surface area (Å²) in [5.41, 5.74) is 5.67. The number of rotatable bonds is 5. The van der Waals surface area contributed by atoms with Crippen molar-refractivity contribution in [2.75, 3.05) is 0 Å². The highest BCUT2D eigenvalue weighted by molar-refractivity contribution is 5.77. The van der Waals surface area contributed by atoms with Gasteiger partial charge in [-0.1, -0.05) is 42.5 Å². The van der Waals surface area contributed by atoms with Crippen molar-refractivity contribution in [2.24, 2.45) is 11.8 Å². The summed E-state index contributed by atoms with van der Waals surface area (Å²) in [6.07, 6.45) is -1.40. The molecule has 9 rings (SSSR count). The summed E-state index contributed by atoms with van der Waals surface area (Å²) >= 11 is 0. The van der Waals surface area contributed by atoms with Crippen LogP contribution in [-0.4, -0.2) is 71.4 Å². The average molecular weight is 757 g/mol. The van der Waals surface area contributed by atoms with Gasteiger partial charge in [-0.05, 0) is 114 Å². The van der Waals surface area contributed by atoms with Crippen LogP contribution in [0.2, 0.25) is 0 Å². The smallest absolute Gasteiger partial charge is 0.411 e. The molecule has 2 saturated heterocycles. The van der Waals surface area contributed by atoms with Crippen LogP contribution in [0.1, 0.15) is 108 Å². The van der Waals surface area contributed by atoms with E-state index in [1.165, 1.54) is 5.56 Å². The Labute approximate surface area is 318 Å². The number of aromatic nitrogens is 4. The zero-order chi connectivity index (χ0) is 38.8. The maximum atomic E-state index is 13.8. The third-order valence-electron chi connectivity index (χ3n) is 11.5. The number of amides is 2. The molecule has 4 fully saturated rings. The predicted octanol–water partition coefficient (Wildman–Crippen LogP) is 9.48. The number of alkyl halides is 3. The van der Waals surface area contributed by atoms with Crippen LogP contribution >= 0.6 is 0 Å². The number of benzene rings is 2. The summed E-state index contributed by atoms with van der Waals surface area (Å²) in [7, 11) is 0. The quantitative estimate of drug-likeness (QED) is 0.210. The van der Waals surface area contributed by atoms with Crippen molar-refractivity contribution >= 4 is 12.2 Å². The Kier molecular flexibility index (Phi) is 8.05. The molecule has 5 aliphatic rings. The third-order valence-corrected chi connectivity index (χ3v) is 11.5. The molecule has 4 aromatic rings. The number of carbonyl (C=O) groups excluding carboxylic acids is 2. The molecule has 0 bridgehead atoms. The Morgan fingerprint density at radius 2 is 1.27 bits per heavy atom. The number of nitrogens with one attached hydrogen (secondary N) is 2.